The topological polar surface area (TPSA) is 571 Å². The first-order valence-corrected chi connectivity index (χ1v) is 5.37. The van der Waals surface area contributed by atoms with Gasteiger partial charge in [0.1, 0.15) is 0 Å². The molecule has 0 aliphatic heterocycles. The SMILES string of the molecule is [C-]#N.[C-]#N.[C-]#N.[C-]#N.[C-]#N.[C-]#N.[C-]#N.[C-]#N.[C-]#N.[C-]#N.[C-]#N.[C-]#N.[C-]#N.[C-]#N.[C-]#N.[C-]#N.[C-]#N.[C-]#N.[C-]#N.[C-]#N.[C-]#N.[C-]#N.[C-]#N.[C-]#N.[Cu+2].[Cu+2].[Cu+2].[Fe+3].[Fe+3].[Fe+3].[Fe+3].[Ni+2].[Ni+2].[Ni+2]. The first-order valence-electron chi connectivity index (χ1n) is 5.37. The van der Waals surface area contributed by atoms with Crippen molar-refractivity contribution in [3.05, 3.63) is 158 Å². The maximum absolute atomic E-state index is 6.25. The number of hydrogen-bond acceptors (Lipinski definition) is 24. The molecule has 0 heterocycles. The van der Waals surface area contributed by atoms with E-state index < -0.39 is 0 Å². The minimum absolute atomic E-state index is 0. The molecule has 0 saturated heterocycles. The Morgan fingerprint density at radius 1 is 0.103 bits per heavy atom. The van der Waals surface area contributed by atoms with Crippen molar-refractivity contribution in [2.24, 2.45) is 0 Å². The number of nitrogens with zero attached hydrogens (tertiary/aromatic N) is 24. The Labute approximate surface area is 448 Å². The predicted molar refractivity (Wildman–Crippen MR) is 119 cm³/mol. The van der Waals surface area contributed by atoms with Crippen molar-refractivity contribution in [3.63, 3.8) is 0 Å². The molecule has 0 unspecified atom stereocenters. The molecule has 0 aromatic heterocycles. The average Bonchev–Trinajstić information content (AvgIpc) is 3.34. The van der Waals surface area contributed by atoms with Gasteiger partial charge in [0.25, 0.3) is 0 Å². The monoisotopic (exact) mass is 1210 g/mol. The summed E-state index contributed by atoms with van der Waals surface area (Å²) in [4.78, 5) is 0. The van der Waals surface area contributed by atoms with Crippen LogP contribution in [-0.2, 0) is 169 Å². The standard InChI is InChI=1S/24CN.3Cu.4Fe.3Ni/c24*1-2;;;;;;;;;;/q24*-1;3*+2;4*+3;3*+2. The fraction of sp³-hybridized carbons (Fsp3) is 0. The zero-order chi connectivity index (χ0) is 48.0. The molecular formula is C24Cu3Fe4N24Ni3. The van der Waals surface area contributed by atoms with Crippen molar-refractivity contribution < 1.29 is 169 Å². The van der Waals surface area contributed by atoms with E-state index in [-0.39, 0.29) is 169 Å². The normalized spacial score (nSPS) is 0.828. The molecule has 0 bridgehead atoms. The minimum atomic E-state index is 0. The summed E-state index contributed by atoms with van der Waals surface area (Å²) in [6.07, 6.45) is 0. The molecule has 0 N–H and O–H groups in total. The molecule has 0 saturated carbocycles. The van der Waals surface area contributed by atoms with Crippen molar-refractivity contribution in [2.75, 3.05) is 0 Å². The van der Waals surface area contributed by atoms with Gasteiger partial charge < -0.3 is 284 Å². The Kier molecular flexibility index (Phi) is 18000. The summed E-state index contributed by atoms with van der Waals surface area (Å²) >= 11 is 0. The van der Waals surface area contributed by atoms with Crippen LogP contribution in [0.3, 0.4) is 0 Å². The zero-order valence-corrected chi connectivity index (χ0v) is 36.2. The summed E-state index contributed by atoms with van der Waals surface area (Å²) in [7, 11) is 0. The second-order valence-corrected chi connectivity index (χ2v) is 0. The van der Waals surface area contributed by atoms with E-state index in [1.165, 1.54) is 0 Å². The summed E-state index contributed by atoms with van der Waals surface area (Å²) in [5.41, 5.74) is 0. The van der Waals surface area contributed by atoms with E-state index in [0.29, 0.717) is 0 Å². The van der Waals surface area contributed by atoms with Crippen LogP contribution in [0.15, 0.2) is 0 Å². The first kappa shape index (κ1) is 444. The quantitative estimate of drug-likeness (QED) is 0.248. The van der Waals surface area contributed by atoms with Gasteiger partial charge in [0.05, 0.1) is 0 Å². The molecule has 0 aliphatic rings. The first-order chi connectivity index (χ1) is 24.0. The van der Waals surface area contributed by atoms with E-state index in [1.807, 2.05) is 0 Å². The molecule has 0 rings (SSSR count). The molecular weight excluding hydrogens is 1210 g/mol. The summed E-state index contributed by atoms with van der Waals surface area (Å²) in [5, 5.41) is 150. The second-order valence-electron chi connectivity index (χ2n) is 0. The largest absolute Gasteiger partial charge is 3.00 e. The third kappa shape index (κ3) is 2210. The van der Waals surface area contributed by atoms with Gasteiger partial charge in [-0.05, 0) is 0 Å². The fourth-order valence-electron chi connectivity index (χ4n) is 0. The maximum atomic E-state index is 6.25. The van der Waals surface area contributed by atoms with Crippen LogP contribution in [0.25, 0.3) is 0 Å². The van der Waals surface area contributed by atoms with E-state index in [2.05, 4.69) is 0 Å². The fourth-order valence-corrected chi connectivity index (χ4v) is 0. The van der Waals surface area contributed by atoms with Crippen LogP contribution in [0.2, 0.25) is 0 Å². The van der Waals surface area contributed by atoms with Gasteiger partial charge in [0.15, 0.2) is 0 Å². The number of hydrogen-bond donors (Lipinski definition) is 0. The van der Waals surface area contributed by atoms with Crippen molar-refractivity contribution in [1.82, 2.24) is 0 Å². The van der Waals surface area contributed by atoms with Gasteiger partial charge in [-0.15, -0.1) is 0 Å². The molecule has 0 aliphatic carbocycles. The van der Waals surface area contributed by atoms with Crippen LogP contribution < -0.4 is 0 Å². The van der Waals surface area contributed by atoms with Crippen LogP contribution in [0.1, 0.15) is 0 Å². The second kappa shape index (κ2) is 2350. The third-order valence-electron chi connectivity index (χ3n) is 0. The van der Waals surface area contributed by atoms with Crippen molar-refractivity contribution in [3.8, 4) is 0 Å². The summed E-state index contributed by atoms with van der Waals surface area (Å²) in [6, 6.07) is 0. The van der Waals surface area contributed by atoms with Crippen LogP contribution in [0.4, 0.5) is 0 Å². The Bertz CT molecular complexity index is 546. The predicted octanol–water partition coefficient (Wildman–Crippen LogP) is 2.29. The van der Waals surface area contributed by atoms with Gasteiger partial charge in [-0.2, -0.15) is 0 Å². The van der Waals surface area contributed by atoms with Crippen LogP contribution >= 0.6 is 0 Å². The Hall–Kier alpha value is -7.12. The number of rotatable bonds is 0. The summed E-state index contributed by atoms with van der Waals surface area (Å²) < 4.78 is 0. The molecule has 58 heavy (non-hydrogen) atoms. The summed E-state index contributed by atoms with van der Waals surface area (Å²) in [6.45, 7) is 114. The van der Waals surface area contributed by atoms with E-state index in [0.717, 1.165) is 0 Å². The molecule has 0 fully saturated rings. The maximum Gasteiger partial charge on any atom is 3.00 e. The van der Waals surface area contributed by atoms with E-state index in [4.69, 9.17) is 284 Å². The molecule has 34 heteroatoms. The molecule has 7 radical (unpaired) electrons. The van der Waals surface area contributed by atoms with Gasteiger partial charge in [-0.25, -0.2) is 0 Å². The van der Waals surface area contributed by atoms with Crippen LogP contribution in [0, 0.1) is 284 Å². The van der Waals surface area contributed by atoms with E-state index in [9.17, 15) is 0 Å². The molecule has 0 aromatic carbocycles. The molecule has 0 amide bonds. The third-order valence-corrected chi connectivity index (χ3v) is 0. The summed E-state index contributed by atoms with van der Waals surface area (Å²) in [5.74, 6) is 0. The zero-order valence-electron chi connectivity index (χ0n) is 26.0. The average molecular weight is 1210 g/mol. The Balaban J connectivity index is -0.00000000321. The molecule has 0 aromatic rings. The van der Waals surface area contributed by atoms with Crippen molar-refractivity contribution in [2.45, 2.75) is 0 Å². The Morgan fingerprint density at radius 3 is 0.103 bits per heavy atom. The molecule has 0 spiro atoms. The minimum Gasteiger partial charge on any atom is -0.512 e. The van der Waals surface area contributed by atoms with Crippen molar-refractivity contribution >= 4 is 0 Å². The Morgan fingerprint density at radius 2 is 0.103 bits per heavy atom. The van der Waals surface area contributed by atoms with Crippen LogP contribution in [-0.4, -0.2) is 0 Å². The molecule has 0 atom stereocenters. The molecule has 24 nitrogen and oxygen atoms in total. The van der Waals surface area contributed by atoms with E-state index >= 15 is 0 Å². The van der Waals surface area contributed by atoms with E-state index in [1.54, 1.807) is 0 Å². The molecule has 311 valence electrons. The van der Waals surface area contributed by atoms with Gasteiger partial charge in [-0.3, -0.25) is 0 Å². The van der Waals surface area contributed by atoms with Crippen molar-refractivity contribution in [1.29, 1.82) is 126 Å². The van der Waals surface area contributed by atoms with Gasteiger partial charge in [0, 0.05) is 0 Å². The van der Waals surface area contributed by atoms with Gasteiger partial charge >= 0.3 is 169 Å². The van der Waals surface area contributed by atoms with Gasteiger partial charge in [-0.1, -0.05) is 0 Å². The van der Waals surface area contributed by atoms with Crippen LogP contribution in [0.5, 0.6) is 0 Å². The van der Waals surface area contributed by atoms with Gasteiger partial charge in [0.2, 0.25) is 0 Å². The smallest absolute Gasteiger partial charge is 0.512 e.